The molecule has 2 atom stereocenters. The molecule has 0 aromatic carbocycles. The normalized spacial score (nSPS) is 25.9. The Morgan fingerprint density at radius 1 is 1.50 bits per heavy atom. The van der Waals surface area contributed by atoms with E-state index in [2.05, 4.69) is 36.4 Å². The van der Waals surface area contributed by atoms with Gasteiger partial charge in [-0.15, -0.1) is 5.54 Å². The summed E-state index contributed by atoms with van der Waals surface area (Å²) in [6.07, 6.45) is 0.525. The third-order valence-corrected chi connectivity index (χ3v) is 2.97. The quantitative estimate of drug-likeness (QED) is 0.394. The van der Waals surface area contributed by atoms with Crippen molar-refractivity contribution in [2.45, 2.75) is 32.1 Å². The van der Waals surface area contributed by atoms with E-state index in [4.69, 9.17) is 5.11 Å². The van der Waals surface area contributed by atoms with Crippen LogP contribution in [0.25, 0.3) is 0 Å². The van der Waals surface area contributed by atoms with Crippen molar-refractivity contribution >= 4 is 14.0 Å². The predicted octanol–water partition coefficient (Wildman–Crippen LogP) is 0.364. The molecule has 0 aromatic heterocycles. The zero-order valence-electron chi connectivity index (χ0n) is 8.92. The highest BCUT2D eigenvalue weighted by atomic mass is 28.3. The summed E-state index contributed by atoms with van der Waals surface area (Å²) in [7, 11) is -1.35. The molecule has 1 aliphatic rings. The number of carbonyl (C=O) groups excluding carboxylic acids is 1. The van der Waals surface area contributed by atoms with Crippen LogP contribution in [0.3, 0.4) is 0 Å². The molecular weight excluding hydrogens is 194 g/mol. The summed E-state index contributed by atoms with van der Waals surface area (Å²) < 4.78 is 0. The summed E-state index contributed by atoms with van der Waals surface area (Å²) in [5.41, 5.74) is 3.23. The van der Waals surface area contributed by atoms with E-state index in [9.17, 15) is 4.79 Å². The molecule has 0 aliphatic carbocycles. The molecule has 1 rings (SSSR count). The second-order valence-electron chi connectivity index (χ2n) is 4.62. The first kappa shape index (κ1) is 11.3. The molecule has 2 unspecified atom stereocenters. The zero-order chi connectivity index (χ0) is 10.8. The number of carbonyl (C=O) groups is 1. The van der Waals surface area contributed by atoms with Gasteiger partial charge in [-0.25, -0.2) is 0 Å². The molecule has 0 bridgehead atoms. The first-order valence-electron chi connectivity index (χ1n) is 4.88. The van der Waals surface area contributed by atoms with Gasteiger partial charge in [0, 0.05) is 6.61 Å². The fourth-order valence-electron chi connectivity index (χ4n) is 1.28. The monoisotopic (exact) mass is 211 g/mol. The molecule has 14 heavy (non-hydrogen) atoms. The number of β-lactam (4-membered cyclic amide) rings is 1. The molecule has 3 nitrogen and oxygen atoms in total. The van der Waals surface area contributed by atoms with Crippen LogP contribution in [-0.2, 0) is 4.79 Å². The van der Waals surface area contributed by atoms with Crippen molar-refractivity contribution in [1.82, 2.24) is 5.32 Å². The Balaban J connectivity index is 2.54. The molecule has 1 saturated heterocycles. The van der Waals surface area contributed by atoms with Crippen LogP contribution in [0.4, 0.5) is 0 Å². The number of aliphatic hydroxyl groups excluding tert-OH is 1. The van der Waals surface area contributed by atoms with Gasteiger partial charge in [-0.05, 0) is 6.42 Å². The van der Waals surface area contributed by atoms with E-state index in [0.717, 1.165) is 0 Å². The number of amides is 1. The highest BCUT2D eigenvalue weighted by Gasteiger charge is 2.37. The van der Waals surface area contributed by atoms with Crippen molar-refractivity contribution in [2.24, 2.45) is 5.92 Å². The molecule has 78 valence electrons. The van der Waals surface area contributed by atoms with Crippen LogP contribution in [0.2, 0.25) is 19.6 Å². The molecule has 1 aliphatic heterocycles. The Morgan fingerprint density at radius 3 is 2.57 bits per heavy atom. The first-order valence-corrected chi connectivity index (χ1v) is 8.38. The van der Waals surface area contributed by atoms with Gasteiger partial charge in [0.25, 0.3) is 0 Å². The summed E-state index contributed by atoms with van der Waals surface area (Å²) in [4.78, 5) is 11.1. The van der Waals surface area contributed by atoms with Gasteiger partial charge in [0.1, 0.15) is 14.1 Å². The molecule has 4 heteroatoms. The molecule has 0 spiro atoms. The van der Waals surface area contributed by atoms with Gasteiger partial charge >= 0.3 is 0 Å². The lowest BCUT2D eigenvalue weighted by Gasteiger charge is -2.32. The Hall–Kier alpha value is -0.793. The molecule has 0 saturated carbocycles. The van der Waals surface area contributed by atoms with Gasteiger partial charge in [-0.1, -0.05) is 25.6 Å². The second kappa shape index (κ2) is 4.16. The van der Waals surface area contributed by atoms with E-state index in [1.54, 1.807) is 0 Å². The summed E-state index contributed by atoms with van der Waals surface area (Å²) in [5, 5.41) is 11.5. The van der Waals surface area contributed by atoms with E-state index >= 15 is 0 Å². The molecule has 1 heterocycles. The Bertz CT molecular complexity index is 285. The maximum absolute atomic E-state index is 11.1. The average molecular weight is 211 g/mol. The Morgan fingerprint density at radius 2 is 2.14 bits per heavy atom. The highest BCUT2D eigenvalue weighted by molar-refractivity contribution is 6.83. The fraction of sp³-hybridized carbons (Fsp3) is 0.700. The van der Waals surface area contributed by atoms with Crippen LogP contribution in [-0.4, -0.2) is 31.7 Å². The van der Waals surface area contributed by atoms with Crippen molar-refractivity contribution in [2.75, 3.05) is 6.61 Å². The number of rotatable bonds is 2. The van der Waals surface area contributed by atoms with Crippen molar-refractivity contribution in [3.8, 4) is 11.5 Å². The van der Waals surface area contributed by atoms with E-state index in [0.29, 0.717) is 6.42 Å². The van der Waals surface area contributed by atoms with E-state index in [1.165, 1.54) is 0 Å². The standard InChI is InChI=1S/C10H17NO2Si/c1-14(2,3)7-5-9-8(4-6-12)10(13)11-9/h8-9,12H,4,6H2,1-3H3,(H,11,13). The topological polar surface area (TPSA) is 49.3 Å². The average Bonchev–Trinajstić information content (AvgIpc) is 2.06. The summed E-state index contributed by atoms with van der Waals surface area (Å²) in [6, 6.07) is -0.0265. The van der Waals surface area contributed by atoms with Crippen molar-refractivity contribution in [1.29, 1.82) is 0 Å². The minimum atomic E-state index is -1.35. The van der Waals surface area contributed by atoms with Crippen LogP contribution in [0.5, 0.6) is 0 Å². The predicted molar refractivity (Wildman–Crippen MR) is 58.2 cm³/mol. The molecule has 0 aromatic rings. The van der Waals surface area contributed by atoms with Gasteiger partial charge in [0.2, 0.25) is 5.91 Å². The van der Waals surface area contributed by atoms with Crippen molar-refractivity contribution in [3.63, 3.8) is 0 Å². The number of hydrogen-bond acceptors (Lipinski definition) is 2. The molecule has 0 radical (unpaired) electrons. The highest BCUT2D eigenvalue weighted by Crippen LogP contribution is 2.18. The lowest BCUT2D eigenvalue weighted by atomic mass is 9.88. The van der Waals surface area contributed by atoms with Crippen molar-refractivity contribution in [3.05, 3.63) is 0 Å². The summed E-state index contributed by atoms with van der Waals surface area (Å²) in [5.74, 6) is 3.02. The minimum Gasteiger partial charge on any atom is -0.396 e. The fourth-order valence-corrected chi connectivity index (χ4v) is 1.87. The number of nitrogens with one attached hydrogen (secondary N) is 1. The van der Waals surface area contributed by atoms with Gasteiger partial charge in [0.15, 0.2) is 0 Å². The maximum Gasteiger partial charge on any atom is 0.227 e. The zero-order valence-corrected chi connectivity index (χ0v) is 9.92. The third-order valence-electron chi connectivity index (χ3n) is 2.08. The number of hydrogen-bond donors (Lipinski definition) is 2. The maximum atomic E-state index is 11.1. The lowest BCUT2D eigenvalue weighted by molar-refractivity contribution is -0.133. The van der Waals surface area contributed by atoms with Gasteiger partial charge < -0.3 is 10.4 Å². The SMILES string of the molecule is C[Si](C)(C)C#CC1NC(=O)C1CCO. The van der Waals surface area contributed by atoms with Gasteiger partial charge in [-0.2, -0.15) is 0 Å². The van der Waals surface area contributed by atoms with Crippen LogP contribution in [0.1, 0.15) is 6.42 Å². The molecule has 2 N–H and O–H groups in total. The summed E-state index contributed by atoms with van der Waals surface area (Å²) >= 11 is 0. The van der Waals surface area contributed by atoms with Crippen LogP contribution in [0, 0.1) is 17.4 Å². The van der Waals surface area contributed by atoms with E-state index in [1.807, 2.05) is 0 Å². The molecular formula is C10H17NO2Si. The second-order valence-corrected chi connectivity index (χ2v) is 9.37. The van der Waals surface area contributed by atoms with Crippen LogP contribution in [0.15, 0.2) is 0 Å². The van der Waals surface area contributed by atoms with E-state index < -0.39 is 8.07 Å². The van der Waals surface area contributed by atoms with Crippen LogP contribution >= 0.6 is 0 Å². The molecule has 1 fully saturated rings. The number of aliphatic hydroxyl groups is 1. The summed E-state index contributed by atoms with van der Waals surface area (Å²) in [6.45, 7) is 6.56. The smallest absolute Gasteiger partial charge is 0.227 e. The Kier molecular flexibility index (Phi) is 3.35. The first-order chi connectivity index (χ1) is 6.44. The molecule has 1 amide bonds. The largest absolute Gasteiger partial charge is 0.396 e. The van der Waals surface area contributed by atoms with Gasteiger partial charge in [0.05, 0.1) is 5.92 Å². The Labute approximate surface area is 85.9 Å². The lowest BCUT2D eigenvalue weighted by Crippen LogP contribution is -2.57. The van der Waals surface area contributed by atoms with Gasteiger partial charge in [-0.3, -0.25) is 4.79 Å². The minimum absolute atomic E-state index is 0.0222. The van der Waals surface area contributed by atoms with Crippen LogP contribution < -0.4 is 5.32 Å². The van der Waals surface area contributed by atoms with E-state index in [-0.39, 0.29) is 24.5 Å². The third kappa shape index (κ3) is 2.86. The van der Waals surface area contributed by atoms with Crippen molar-refractivity contribution < 1.29 is 9.90 Å².